The van der Waals surface area contributed by atoms with Gasteiger partial charge in [0.25, 0.3) is 0 Å². The average Bonchev–Trinajstić information content (AvgIpc) is 2.43. The van der Waals surface area contributed by atoms with Crippen molar-refractivity contribution in [2.75, 3.05) is 13.6 Å². The van der Waals surface area contributed by atoms with Gasteiger partial charge in [-0.1, -0.05) is 11.6 Å². The molecule has 1 aliphatic carbocycles. The molecule has 1 aromatic heterocycles. The van der Waals surface area contributed by atoms with Crippen LogP contribution < -0.4 is 4.74 Å². The van der Waals surface area contributed by atoms with Crippen LogP contribution in [0.1, 0.15) is 18.4 Å². The van der Waals surface area contributed by atoms with E-state index in [4.69, 9.17) is 16.3 Å². The molecule has 0 radical (unpaired) electrons. The molecule has 0 amide bonds. The first kappa shape index (κ1) is 13.1. The van der Waals surface area contributed by atoms with Gasteiger partial charge in [-0.25, -0.2) is 13.8 Å². The third kappa shape index (κ3) is 2.67. The molecular weight excluding hydrogens is 274 g/mol. The molecule has 1 aliphatic heterocycles. The number of rotatable bonds is 1. The number of hydrogen-bond acceptors (Lipinski definition) is 3. The van der Waals surface area contributed by atoms with Crippen molar-refractivity contribution in [2.24, 2.45) is 5.92 Å². The summed E-state index contributed by atoms with van der Waals surface area (Å²) < 4.78 is 31.8. The lowest BCUT2D eigenvalue weighted by molar-refractivity contribution is -0.138. The van der Waals surface area contributed by atoms with E-state index in [-0.39, 0.29) is 24.9 Å². The van der Waals surface area contributed by atoms with Crippen LogP contribution in [0, 0.1) is 5.92 Å². The van der Waals surface area contributed by atoms with Gasteiger partial charge >= 0.3 is 0 Å². The van der Waals surface area contributed by atoms with Gasteiger partial charge in [0, 0.05) is 37.4 Å². The van der Waals surface area contributed by atoms with Crippen LogP contribution in [0.2, 0.25) is 5.15 Å². The van der Waals surface area contributed by atoms with Crippen LogP contribution in [0.3, 0.4) is 0 Å². The number of halogens is 3. The Kier molecular flexibility index (Phi) is 3.14. The molecule has 19 heavy (non-hydrogen) atoms. The van der Waals surface area contributed by atoms with E-state index in [0.29, 0.717) is 24.1 Å². The molecule has 1 saturated carbocycles. The van der Waals surface area contributed by atoms with E-state index < -0.39 is 5.92 Å². The molecular formula is C13H15ClF2N2O. The number of ether oxygens (including phenoxy) is 1. The van der Waals surface area contributed by atoms with Crippen LogP contribution in [-0.4, -0.2) is 35.5 Å². The second kappa shape index (κ2) is 4.56. The molecule has 3 nitrogen and oxygen atoms in total. The topological polar surface area (TPSA) is 25.4 Å². The Bertz CT molecular complexity index is 490. The zero-order valence-corrected chi connectivity index (χ0v) is 11.3. The van der Waals surface area contributed by atoms with Crippen LogP contribution in [0.5, 0.6) is 5.88 Å². The fourth-order valence-corrected chi connectivity index (χ4v) is 2.87. The molecule has 0 N–H and O–H groups in total. The number of nitrogens with zero attached hydrogens (tertiary/aromatic N) is 2. The summed E-state index contributed by atoms with van der Waals surface area (Å²) in [6.45, 7) is 1.33. The summed E-state index contributed by atoms with van der Waals surface area (Å²) in [5.41, 5.74) is 0.945. The van der Waals surface area contributed by atoms with Gasteiger partial charge in [-0.3, -0.25) is 4.90 Å². The maximum Gasteiger partial charge on any atom is 0.249 e. The normalized spacial score (nSPS) is 27.1. The van der Waals surface area contributed by atoms with Crippen molar-refractivity contribution in [1.82, 2.24) is 9.88 Å². The molecule has 3 rings (SSSR count). The predicted octanol–water partition coefficient (Wildman–Crippen LogP) is 2.97. The molecule has 2 heterocycles. The summed E-state index contributed by atoms with van der Waals surface area (Å²) in [7, 11) is 1.96. The molecule has 104 valence electrons. The number of hydrogen-bond donors (Lipinski definition) is 0. The summed E-state index contributed by atoms with van der Waals surface area (Å²) in [4.78, 5) is 6.24. The number of aromatic nitrogens is 1. The zero-order valence-electron chi connectivity index (χ0n) is 10.6. The number of pyridine rings is 1. The van der Waals surface area contributed by atoms with Crippen molar-refractivity contribution >= 4 is 11.6 Å². The molecule has 1 aromatic rings. The molecule has 0 spiro atoms. The maximum atomic E-state index is 13.0. The zero-order chi connectivity index (χ0) is 13.6. The molecule has 1 unspecified atom stereocenters. The van der Waals surface area contributed by atoms with Gasteiger partial charge in [-0.2, -0.15) is 0 Å². The molecule has 1 atom stereocenters. The van der Waals surface area contributed by atoms with Crippen molar-refractivity contribution in [2.45, 2.75) is 31.4 Å². The average molecular weight is 289 g/mol. The van der Waals surface area contributed by atoms with E-state index in [1.165, 1.54) is 0 Å². The number of likely N-dealkylation sites (N-methyl/N-ethyl adjacent to an activating group) is 1. The van der Waals surface area contributed by atoms with Crippen LogP contribution >= 0.6 is 11.6 Å². The number of alkyl halides is 2. The Morgan fingerprint density at radius 3 is 2.84 bits per heavy atom. The second-order valence-corrected chi connectivity index (χ2v) is 5.86. The first-order chi connectivity index (χ1) is 8.93. The van der Waals surface area contributed by atoms with Crippen LogP contribution in [0.15, 0.2) is 12.1 Å². The largest absolute Gasteiger partial charge is 0.472 e. The first-order valence-corrected chi connectivity index (χ1v) is 6.69. The molecule has 6 heteroatoms. The lowest BCUT2D eigenvalue weighted by atomic mass is 9.77. The van der Waals surface area contributed by atoms with Crippen LogP contribution in [-0.2, 0) is 6.54 Å². The standard InChI is InChI=1S/C13H15ClF2N2O/c1-18-6-8-2-3-11(14)17-12(8)19-10(7-18)9-4-13(15,16)5-9/h2-3,9-10H,4-7H2,1H3. The summed E-state index contributed by atoms with van der Waals surface area (Å²) in [6, 6.07) is 3.59. The van der Waals surface area contributed by atoms with Gasteiger partial charge in [0.2, 0.25) is 11.8 Å². The molecule has 0 saturated heterocycles. The highest BCUT2D eigenvalue weighted by molar-refractivity contribution is 6.29. The van der Waals surface area contributed by atoms with E-state index in [2.05, 4.69) is 9.88 Å². The Balaban J connectivity index is 1.81. The van der Waals surface area contributed by atoms with Crippen molar-refractivity contribution in [1.29, 1.82) is 0 Å². The van der Waals surface area contributed by atoms with Crippen molar-refractivity contribution in [3.05, 3.63) is 22.8 Å². The summed E-state index contributed by atoms with van der Waals surface area (Å²) in [6.07, 6.45) is -0.431. The Morgan fingerprint density at radius 1 is 1.42 bits per heavy atom. The minimum absolute atomic E-state index is 0.0958. The lowest BCUT2D eigenvalue weighted by Gasteiger charge is -2.39. The Labute approximate surface area is 115 Å². The van der Waals surface area contributed by atoms with Gasteiger partial charge in [0.05, 0.1) is 0 Å². The highest BCUT2D eigenvalue weighted by atomic mass is 35.5. The minimum Gasteiger partial charge on any atom is -0.472 e. The van der Waals surface area contributed by atoms with Crippen molar-refractivity contribution in [3.63, 3.8) is 0 Å². The second-order valence-electron chi connectivity index (χ2n) is 5.48. The summed E-state index contributed by atoms with van der Waals surface area (Å²) in [5.74, 6) is -2.15. The van der Waals surface area contributed by atoms with Crippen molar-refractivity contribution in [3.8, 4) is 5.88 Å². The van der Waals surface area contributed by atoms with Gasteiger partial charge in [0.1, 0.15) is 11.3 Å². The van der Waals surface area contributed by atoms with E-state index in [9.17, 15) is 8.78 Å². The summed E-state index contributed by atoms with van der Waals surface area (Å²) in [5, 5.41) is 0.362. The van der Waals surface area contributed by atoms with Gasteiger partial charge in [0.15, 0.2) is 0 Å². The highest BCUT2D eigenvalue weighted by Crippen LogP contribution is 2.45. The molecule has 2 aliphatic rings. The van der Waals surface area contributed by atoms with Crippen LogP contribution in [0.25, 0.3) is 0 Å². The smallest absolute Gasteiger partial charge is 0.249 e. The van der Waals surface area contributed by atoms with E-state index in [1.54, 1.807) is 6.07 Å². The fourth-order valence-electron chi connectivity index (χ4n) is 2.73. The fraction of sp³-hybridized carbons (Fsp3) is 0.615. The molecule has 1 fully saturated rings. The SMILES string of the molecule is CN1Cc2ccc(Cl)nc2OC(C2CC(F)(F)C2)C1. The van der Waals surface area contributed by atoms with Gasteiger partial charge in [-0.05, 0) is 19.2 Å². The molecule has 0 bridgehead atoms. The van der Waals surface area contributed by atoms with Gasteiger partial charge < -0.3 is 4.74 Å². The Hall–Kier alpha value is -0.940. The van der Waals surface area contributed by atoms with E-state index in [1.807, 2.05) is 13.1 Å². The minimum atomic E-state index is -2.52. The van der Waals surface area contributed by atoms with Crippen molar-refractivity contribution < 1.29 is 13.5 Å². The van der Waals surface area contributed by atoms with Crippen LogP contribution in [0.4, 0.5) is 8.78 Å². The summed E-state index contributed by atoms with van der Waals surface area (Å²) >= 11 is 5.86. The Morgan fingerprint density at radius 2 is 2.16 bits per heavy atom. The van der Waals surface area contributed by atoms with E-state index in [0.717, 1.165) is 5.56 Å². The monoisotopic (exact) mass is 288 g/mol. The van der Waals surface area contributed by atoms with E-state index >= 15 is 0 Å². The molecule has 0 aromatic carbocycles. The number of fused-ring (bicyclic) bond motifs is 1. The quantitative estimate of drug-likeness (QED) is 0.743. The first-order valence-electron chi connectivity index (χ1n) is 6.31. The maximum absolute atomic E-state index is 13.0. The third-order valence-electron chi connectivity index (χ3n) is 3.75. The third-order valence-corrected chi connectivity index (χ3v) is 3.96. The predicted molar refractivity (Wildman–Crippen MR) is 67.7 cm³/mol. The lowest BCUT2D eigenvalue weighted by Crippen LogP contribution is -2.47. The van der Waals surface area contributed by atoms with Gasteiger partial charge in [-0.15, -0.1) is 0 Å². The highest BCUT2D eigenvalue weighted by Gasteiger charge is 2.50.